The van der Waals surface area contributed by atoms with Crippen molar-refractivity contribution in [3.05, 3.63) is 48.2 Å². The lowest BCUT2D eigenvalue weighted by Gasteiger charge is -2.14. The van der Waals surface area contributed by atoms with E-state index < -0.39 is 6.10 Å². The first kappa shape index (κ1) is 17.3. The van der Waals surface area contributed by atoms with Gasteiger partial charge in [0.1, 0.15) is 6.10 Å². The fourth-order valence-corrected chi connectivity index (χ4v) is 3.88. The van der Waals surface area contributed by atoms with E-state index in [1.807, 2.05) is 30.3 Å². The average molecular weight is 382 g/mol. The number of nitrogens with zero attached hydrogens (tertiary/aromatic N) is 2. The Morgan fingerprint density at radius 1 is 1.30 bits per heavy atom. The lowest BCUT2D eigenvalue weighted by Crippen LogP contribution is -2.10. The minimum Gasteiger partial charge on any atom is -0.454 e. The van der Waals surface area contributed by atoms with Crippen LogP contribution in [0.1, 0.15) is 11.7 Å². The fourth-order valence-electron chi connectivity index (χ4n) is 3.07. The van der Waals surface area contributed by atoms with Crippen LogP contribution in [0.25, 0.3) is 21.3 Å². The minimum atomic E-state index is -0.921. The molecule has 1 aromatic heterocycles. The van der Waals surface area contributed by atoms with Gasteiger partial charge in [0.25, 0.3) is 0 Å². The van der Waals surface area contributed by atoms with E-state index in [9.17, 15) is 5.11 Å². The molecular weight excluding hydrogens is 364 g/mol. The number of rotatable bonds is 4. The highest BCUT2D eigenvalue weighted by molar-refractivity contribution is 7.22. The van der Waals surface area contributed by atoms with Gasteiger partial charge in [0.2, 0.25) is 6.79 Å². The van der Waals surface area contributed by atoms with Crippen molar-refractivity contribution in [1.29, 1.82) is 0 Å². The predicted molar refractivity (Wildman–Crippen MR) is 107 cm³/mol. The Kier molecular flexibility index (Phi) is 4.43. The standard InChI is InChI=1S/C19H18N4O3S/c1-22-13(4-5-20)18(24)11-6-12(17-16(8-11)27-19(21)23-17)10-2-3-14-15(7-10)26-9-25-14/h2-8,18,24H,9,20H2,1H3,(H2,21,23). The van der Waals surface area contributed by atoms with Gasteiger partial charge >= 0.3 is 0 Å². The fraction of sp³-hybridized carbons (Fsp3) is 0.158. The third-order valence-corrected chi connectivity index (χ3v) is 5.17. The van der Waals surface area contributed by atoms with Crippen LogP contribution in [0.15, 0.2) is 47.6 Å². The smallest absolute Gasteiger partial charge is 0.231 e. The summed E-state index contributed by atoms with van der Waals surface area (Å²) in [6.07, 6.45) is 2.01. The maximum Gasteiger partial charge on any atom is 0.231 e. The number of aliphatic hydroxyl groups excluding tert-OH is 1. The number of hydrogen-bond acceptors (Lipinski definition) is 8. The van der Waals surface area contributed by atoms with Gasteiger partial charge in [-0.15, -0.1) is 0 Å². The largest absolute Gasteiger partial charge is 0.454 e. The van der Waals surface area contributed by atoms with Gasteiger partial charge in [0.05, 0.1) is 15.9 Å². The van der Waals surface area contributed by atoms with E-state index >= 15 is 0 Å². The Hall–Kier alpha value is -3.10. The quantitative estimate of drug-likeness (QED) is 0.598. The number of benzene rings is 2. The van der Waals surface area contributed by atoms with Crippen LogP contribution in [-0.4, -0.2) is 29.6 Å². The number of aliphatic hydroxyl groups is 1. The first-order valence-electron chi connectivity index (χ1n) is 8.23. The molecule has 2 heterocycles. The zero-order valence-corrected chi connectivity index (χ0v) is 15.4. The van der Waals surface area contributed by atoms with E-state index in [1.54, 1.807) is 13.1 Å². The molecule has 0 aliphatic carbocycles. The van der Waals surface area contributed by atoms with Crippen LogP contribution in [0, 0.1) is 0 Å². The van der Waals surface area contributed by atoms with Crippen LogP contribution in [0.2, 0.25) is 0 Å². The van der Waals surface area contributed by atoms with Gasteiger partial charge < -0.3 is 26.0 Å². The molecule has 1 aliphatic rings. The van der Waals surface area contributed by atoms with E-state index in [0.717, 1.165) is 21.3 Å². The van der Waals surface area contributed by atoms with Gasteiger partial charge in [0, 0.05) is 12.6 Å². The summed E-state index contributed by atoms with van der Waals surface area (Å²) in [6, 6.07) is 9.46. The highest BCUT2D eigenvalue weighted by atomic mass is 32.1. The molecule has 27 heavy (non-hydrogen) atoms. The molecule has 0 fully saturated rings. The summed E-state index contributed by atoms with van der Waals surface area (Å²) in [5.41, 5.74) is 15.1. The van der Waals surface area contributed by atoms with E-state index in [1.165, 1.54) is 17.5 Å². The van der Waals surface area contributed by atoms with Crippen molar-refractivity contribution >= 4 is 32.4 Å². The Balaban J connectivity index is 1.89. The maximum absolute atomic E-state index is 10.8. The number of aliphatic imine (C=N–C) groups is 1. The van der Waals surface area contributed by atoms with Gasteiger partial charge in [-0.1, -0.05) is 17.4 Å². The number of nitrogen functional groups attached to an aromatic ring is 1. The summed E-state index contributed by atoms with van der Waals surface area (Å²) in [7, 11) is 1.61. The van der Waals surface area contributed by atoms with E-state index in [2.05, 4.69) is 9.98 Å². The van der Waals surface area contributed by atoms with Gasteiger partial charge in [-0.05, 0) is 47.7 Å². The molecule has 138 valence electrons. The zero-order valence-electron chi connectivity index (χ0n) is 14.5. The van der Waals surface area contributed by atoms with Crippen molar-refractivity contribution in [2.45, 2.75) is 6.10 Å². The third kappa shape index (κ3) is 3.09. The number of ether oxygens (including phenoxy) is 2. The second kappa shape index (κ2) is 6.90. The molecule has 2 aromatic carbocycles. The molecule has 0 saturated carbocycles. The normalized spacial score (nSPS) is 15.0. The Labute approximate surface area is 159 Å². The van der Waals surface area contributed by atoms with E-state index in [-0.39, 0.29) is 6.79 Å². The lowest BCUT2D eigenvalue weighted by atomic mass is 9.97. The first-order chi connectivity index (χ1) is 13.1. The second-order valence-electron chi connectivity index (χ2n) is 5.95. The number of fused-ring (bicyclic) bond motifs is 2. The summed E-state index contributed by atoms with van der Waals surface area (Å²) >= 11 is 1.37. The van der Waals surface area contributed by atoms with Crippen LogP contribution in [0.3, 0.4) is 0 Å². The number of aromatic nitrogens is 1. The minimum absolute atomic E-state index is 0.207. The summed E-state index contributed by atoms with van der Waals surface area (Å²) in [4.78, 5) is 8.58. The molecule has 0 radical (unpaired) electrons. The third-order valence-electron chi connectivity index (χ3n) is 4.34. The summed E-state index contributed by atoms with van der Waals surface area (Å²) in [5.74, 6) is 1.38. The summed E-state index contributed by atoms with van der Waals surface area (Å²) in [6.45, 7) is 0.207. The van der Waals surface area contributed by atoms with Crippen LogP contribution < -0.4 is 20.9 Å². The topological polar surface area (TPSA) is 116 Å². The molecule has 0 spiro atoms. The Morgan fingerprint density at radius 2 is 2.11 bits per heavy atom. The van der Waals surface area contributed by atoms with Gasteiger partial charge in [-0.25, -0.2) is 4.98 Å². The van der Waals surface area contributed by atoms with Crippen molar-refractivity contribution in [3.8, 4) is 22.6 Å². The SMILES string of the molecule is CN=C(C=CN)C(O)c1cc(-c2ccc3c(c2)OCO3)c2nc(N)sc2c1. The van der Waals surface area contributed by atoms with Crippen LogP contribution in [0.5, 0.6) is 11.5 Å². The molecular formula is C19H18N4O3S. The molecule has 0 amide bonds. The highest BCUT2D eigenvalue weighted by Gasteiger charge is 2.20. The number of thiazole rings is 1. The molecule has 8 heteroatoms. The molecule has 4 rings (SSSR count). The van der Waals surface area contributed by atoms with E-state index in [0.29, 0.717) is 27.9 Å². The van der Waals surface area contributed by atoms with E-state index in [4.69, 9.17) is 20.9 Å². The predicted octanol–water partition coefficient (Wildman–Crippen LogP) is 2.85. The van der Waals surface area contributed by atoms with Crippen molar-refractivity contribution in [3.63, 3.8) is 0 Å². The van der Waals surface area contributed by atoms with Gasteiger partial charge in [0.15, 0.2) is 16.6 Å². The summed E-state index contributed by atoms with van der Waals surface area (Å²) in [5, 5.41) is 11.2. The molecule has 1 atom stereocenters. The highest BCUT2D eigenvalue weighted by Crippen LogP contribution is 2.40. The number of hydrogen-bond donors (Lipinski definition) is 3. The van der Waals surface area contributed by atoms with Gasteiger partial charge in [-0.3, -0.25) is 4.99 Å². The number of nitrogens with two attached hydrogens (primary N) is 2. The molecule has 1 unspecified atom stereocenters. The molecule has 1 aliphatic heterocycles. The van der Waals surface area contributed by atoms with Crippen molar-refractivity contribution in [2.24, 2.45) is 10.7 Å². The molecule has 5 N–H and O–H groups in total. The van der Waals surface area contributed by atoms with Crippen LogP contribution in [-0.2, 0) is 0 Å². The zero-order chi connectivity index (χ0) is 19.0. The van der Waals surface area contributed by atoms with Crippen molar-refractivity contribution < 1.29 is 14.6 Å². The van der Waals surface area contributed by atoms with Crippen LogP contribution in [0.4, 0.5) is 5.13 Å². The van der Waals surface area contributed by atoms with Crippen molar-refractivity contribution in [2.75, 3.05) is 19.6 Å². The molecule has 7 nitrogen and oxygen atoms in total. The monoisotopic (exact) mass is 382 g/mol. The first-order valence-corrected chi connectivity index (χ1v) is 9.05. The molecule has 3 aromatic rings. The maximum atomic E-state index is 10.8. The second-order valence-corrected chi connectivity index (χ2v) is 7.01. The molecule has 0 bridgehead atoms. The lowest BCUT2D eigenvalue weighted by molar-refractivity contribution is 0.174. The Morgan fingerprint density at radius 3 is 2.89 bits per heavy atom. The molecule has 0 saturated heterocycles. The van der Waals surface area contributed by atoms with Crippen molar-refractivity contribution in [1.82, 2.24) is 4.98 Å². The average Bonchev–Trinajstić information content (AvgIpc) is 3.29. The summed E-state index contributed by atoms with van der Waals surface area (Å²) < 4.78 is 11.8. The van der Waals surface area contributed by atoms with Gasteiger partial charge in [-0.2, -0.15) is 0 Å². The van der Waals surface area contributed by atoms with Crippen LogP contribution >= 0.6 is 11.3 Å². The number of anilines is 1. The Bertz CT molecular complexity index is 1070.